The summed E-state index contributed by atoms with van der Waals surface area (Å²) in [4.78, 5) is 128. The third kappa shape index (κ3) is 38.6. The molecule has 7 N–H and O–H groups in total. The molecule has 1 aliphatic heterocycles. The van der Waals surface area contributed by atoms with Crippen molar-refractivity contribution in [2.24, 2.45) is 11.3 Å². The molecular formula is C56H89N7O18. The minimum absolute atomic E-state index is 0.0208. The molecule has 0 bridgehead atoms. The number of nitrogens with one attached hydrogen (secondary N) is 6. The SMILES string of the molecule is CC(C[C@H](Cc1cccc(NC(=O)CCCNC(=O)[C@H](CCCCNC(=O)CCOCCOCCNC(=O)CCOCCOCCOCCC(=O)O)NC(=O)CCCN2C(=O)C=CC2=O)c1)NC(=O)OC(C)(C)C)C(C)(C)C.O=C=O. The van der Waals surface area contributed by atoms with Gasteiger partial charge in [-0.15, -0.1) is 0 Å². The van der Waals surface area contributed by atoms with Gasteiger partial charge in [-0.1, -0.05) is 39.8 Å². The van der Waals surface area contributed by atoms with Crippen molar-refractivity contribution in [1.82, 2.24) is 31.5 Å². The second-order valence-electron chi connectivity index (χ2n) is 21.1. The van der Waals surface area contributed by atoms with Crippen LogP contribution in [0.15, 0.2) is 36.4 Å². The van der Waals surface area contributed by atoms with E-state index in [0.717, 1.165) is 16.9 Å². The van der Waals surface area contributed by atoms with Crippen LogP contribution in [0.5, 0.6) is 0 Å². The Morgan fingerprint density at radius 1 is 0.617 bits per heavy atom. The average Bonchev–Trinajstić information content (AvgIpc) is 3.72. The monoisotopic (exact) mass is 1150 g/mol. The van der Waals surface area contributed by atoms with Crippen LogP contribution in [-0.4, -0.2) is 180 Å². The van der Waals surface area contributed by atoms with Gasteiger partial charge in [0.1, 0.15) is 11.6 Å². The number of rotatable bonds is 42. The molecule has 25 heteroatoms. The Morgan fingerprint density at radius 3 is 1.72 bits per heavy atom. The third-order valence-corrected chi connectivity index (χ3v) is 12.1. The first-order chi connectivity index (χ1) is 38.4. The summed E-state index contributed by atoms with van der Waals surface area (Å²) in [5.41, 5.74) is 0.897. The lowest BCUT2D eigenvalue weighted by atomic mass is 9.78. The average molecular weight is 1150 g/mol. The Kier molecular flexibility index (Phi) is 37.8. The van der Waals surface area contributed by atoms with Crippen LogP contribution in [0.25, 0.3) is 0 Å². The molecule has 0 spiro atoms. The van der Waals surface area contributed by atoms with E-state index in [0.29, 0.717) is 64.3 Å². The largest absolute Gasteiger partial charge is 0.481 e. The Bertz CT molecular complexity index is 2140. The third-order valence-electron chi connectivity index (χ3n) is 12.1. The number of benzene rings is 1. The quantitative estimate of drug-likeness (QED) is 0.0364. The number of carbonyl (C=O) groups excluding carboxylic acids is 10. The Morgan fingerprint density at radius 2 is 1.15 bits per heavy atom. The Balaban J connectivity index is 0.0000107. The highest BCUT2D eigenvalue weighted by molar-refractivity contribution is 6.12. The van der Waals surface area contributed by atoms with Crippen molar-refractivity contribution in [3.05, 3.63) is 42.0 Å². The van der Waals surface area contributed by atoms with Crippen molar-refractivity contribution in [2.45, 2.75) is 143 Å². The molecule has 1 aromatic carbocycles. The molecule has 1 aliphatic rings. The highest BCUT2D eigenvalue weighted by Gasteiger charge is 2.28. The van der Waals surface area contributed by atoms with E-state index >= 15 is 0 Å². The van der Waals surface area contributed by atoms with Gasteiger partial charge in [0.2, 0.25) is 29.5 Å². The highest BCUT2D eigenvalue weighted by Crippen LogP contribution is 2.30. The van der Waals surface area contributed by atoms with Gasteiger partial charge in [-0.05, 0) is 94.7 Å². The van der Waals surface area contributed by atoms with Gasteiger partial charge in [-0.2, -0.15) is 9.59 Å². The molecule has 0 radical (unpaired) electrons. The molecule has 456 valence electrons. The number of hydrogen-bond acceptors (Lipinski definition) is 17. The fraction of sp³-hybridized carbons (Fsp3) is 0.679. The number of aliphatic carboxylic acids is 1. The summed E-state index contributed by atoms with van der Waals surface area (Å²) in [6.45, 7) is 17.5. The lowest BCUT2D eigenvalue weighted by Crippen LogP contribution is -2.47. The van der Waals surface area contributed by atoms with Crippen molar-refractivity contribution >= 4 is 65.3 Å². The number of amides is 8. The number of anilines is 1. The van der Waals surface area contributed by atoms with Gasteiger partial charge in [0.25, 0.3) is 11.8 Å². The van der Waals surface area contributed by atoms with E-state index in [-0.39, 0.29) is 146 Å². The Hall–Kier alpha value is -6.63. The number of carbonyl (C=O) groups is 9. The van der Waals surface area contributed by atoms with Gasteiger partial charge in [0.05, 0.1) is 72.5 Å². The van der Waals surface area contributed by atoms with Crippen LogP contribution >= 0.6 is 0 Å². The van der Waals surface area contributed by atoms with E-state index in [1.807, 2.05) is 39.0 Å². The first-order valence-corrected chi connectivity index (χ1v) is 27.6. The number of carboxylic acid groups (broad SMARTS) is 1. The van der Waals surface area contributed by atoms with Crippen molar-refractivity contribution in [2.75, 3.05) is 97.6 Å². The second kappa shape index (κ2) is 42.2. The van der Waals surface area contributed by atoms with E-state index in [9.17, 15) is 43.2 Å². The molecule has 25 nitrogen and oxygen atoms in total. The standard InChI is InChI=1S/C55H89N7O16.CO2/c1-40(54(2,3)4)37-43(60-53(72)78-55(5,6)7)39-41-13-10-14-42(38-41)59-47(65)16-11-24-58-52(71)44(61-48(66)17-12-26-62-49(67)18-19-50(62)68)15-8-9-23-56-45(63)20-27-73-31-34-76-30-25-57-46(64)21-28-74-32-35-77-36-33-75-29-22-51(69)70;2-1-3/h10,13-14,18-19,38,40,43-44H,8-9,11-12,15-17,20-37,39H2,1-7H3,(H,56,63)(H,57,64)(H,58,71)(H,59,65)(H,60,72)(H,61,66)(H,69,70);/t40?,43-,44+;/m1./s1. The minimum Gasteiger partial charge on any atom is -0.481 e. The lowest BCUT2D eigenvalue weighted by molar-refractivity contribution is -0.192. The van der Waals surface area contributed by atoms with E-state index in [4.69, 9.17) is 43.1 Å². The predicted octanol–water partition coefficient (Wildman–Crippen LogP) is 3.38. The van der Waals surface area contributed by atoms with Crippen molar-refractivity contribution in [3.63, 3.8) is 0 Å². The first-order valence-electron chi connectivity index (χ1n) is 27.6. The normalized spacial score (nSPS) is 13.2. The van der Waals surface area contributed by atoms with Gasteiger partial charge in [-0.25, -0.2) is 4.79 Å². The summed E-state index contributed by atoms with van der Waals surface area (Å²) >= 11 is 0. The van der Waals surface area contributed by atoms with Gasteiger partial charge in [0.15, 0.2) is 0 Å². The van der Waals surface area contributed by atoms with Crippen LogP contribution in [0, 0.1) is 11.3 Å². The molecule has 81 heavy (non-hydrogen) atoms. The molecule has 1 heterocycles. The molecule has 8 amide bonds. The van der Waals surface area contributed by atoms with E-state index < -0.39 is 47.3 Å². The molecule has 2 rings (SSSR count). The fourth-order valence-corrected chi connectivity index (χ4v) is 7.39. The molecule has 0 saturated heterocycles. The maximum absolute atomic E-state index is 13.4. The number of hydrogen-bond donors (Lipinski definition) is 7. The van der Waals surface area contributed by atoms with Crippen LogP contribution in [0.1, 0.15) is 125 Å². The zero-order chi connectivity index (χ0) is 60.5. The van der Waals surface area contributed by atoms with Crippen LogP contribution in [0.3, 0.4) is 0 Å². The first kappa shape index (κ1) is 72.4. The number of alkyl carbamates (subject to hydrolysis) is 1. The second-order valence-corrected chi connectivity index (χ2v) is 21.1. The van der Waals surface area contributed by atoms with Gasteiger partial charge in [-0.3, -0.25) is 43.3 Å². The number of imide groups is 1. The maximum atomic E-state index is 13.4. The topological polar surface area (TPSA) is 339 Å². The van der Waals surface area contributed by atoms with Crippen LogP contribution in [0.4, 0.5) is 10.5 Å². The number of ether oxygens (including phenoxy) is 6. The predicted molar refractivity (Wildman–Crippen MR) is 295 cm³/mol. The highest BCUT2D eigenvalue weighted by atomic mass is 16.6. The van der Waals surface area contributed by atoms with Gasteiger partial charge < -0.3 is 65.4 Å². The summed E-state index contributed by atoms with van der Waals surface area (Å²) < 4.78 is 32.3. The van der Waals surface area contributed by atoms with Gasteiger partial charge in [0, 0.05) is 75.7 Å². The van der Waals surface area contributed by atoms with Crippen LogP contribution in [0.2, 0.25) is 0 Å². The minimum atomic E-state index is -0.920. The summed E-state index contributed by atoms with van der Waals surface area (Å²) in [6.07, 6.45) is 5.44. The molecule has 0 saturated carbocycles. The molecular weight excluding hydrogens is 1060 g/mol. The van der Waals surface area contributed by atoms with Crippen LogP contribution in [-0.2, 0) is 82.8 Å². The molecule has 0 fully saturated rings. The number of unbranched alkanes of at least 4 members (excludes halogenated alkanes) is 1. The molecule has 0 aromatic heterocycles. The van der Waals surface area contributed by atoms with Gasteiger partial charge >= 0.3 is 18.2 Å². The molecule has 1 unspecified atom stereocenters. The molecule has 1 aromatic rings. The smallest absolute Gasteiger partial charge is 0.407 e. The van der Waals surface area contributed by atoms with E-state index in [1.54, 1.807) is 6.07 Å². The fourth-order valence-electron chi connectivity index (χ4n) is 7.39. The number of carboxylic acids is 1. The molecule has 0 aliphatic carbocycles. The summed E-state index contributed by atoms with van der Waals surface area (Å²) in [7, 11) is 0. The van der Waals surface area contributed by atoms with Crippen molar-refractivity contribution < 1.29 is 86.3 Å². The lowest BCUT2D eigenvalue weighted by Gasteiger charge is -2.32. The van der Waals surface area contributed by atoms with E-state index in [1.165, 1.54) is 12.2 Å². The Labute approximate surface area is 475 Å². The summed E-state index contributed by atoms with van der Waals surface area (Å²) in [5.74, 6) is -3.06. The van der Waals surface area contributed by atoms with Crippen molar-refractivity contribution in [1.29, 1.82) is 0 Å². The maximum Gasteiger partial charge on any atom is 0.407 e. The van der Waals surface area contributed by atoms with Crippen LogP contribution < -0.4 is 31.9 Å². The van der Waals surface area contributed by atoms with Crippen molar-refractivity contribution in [3.8, 4) is 0 Å². The zero-order valence-electron chi connectivity index (χ0n) is 48.4. The van der Waals surface area contributed by atoms with E-state index in [2.05, 4.69) is 59.6 Å². The summed E-state index contributed by atoms with van der Waals surface area (Å²) in [6, 6.07) is 6.33. The number of nitrogens with zero attached hydrogens (tertiary/aromatic N) is 1. The zero-order valence-corrected chi connectivity index (χ0v) is 48.4. The molecule has 3 atom stereocenters. The summed E-state index contributed by atoms with van der Waals surface area (Å²) in [5, 5.41) is 25.7.